The molecule has 0 aliphatic rings. The summed E-state index contributed by atoms with van der Waals surface area (Å²) in [6.07, 6.45) is 0.122. The van der Waals surface area contributed by atoms with E-state index in [1.807, 2.05) is 0 Å². The Morgan fingerprint density at radius 2 is 2.00 bits per heavy atom. The van der Waals surface area contributed by atoms with Gasteiger partial charge in [-0.2, -0.15) is 0 Å². The minimum atomic E-state index is -1.09. The van der Waals surface area contributed by atoms with Gasteiger partial charge < -0.3 is 15.6 Å². The molecular formula is C16H15ClFNO3. The Kier molecular flexibility index (Phi) is 5.35. The topological polar surface area (TPSA) is 72.5 Å². The van der Waals surface area contributed by atoms with E-state index in [9.17, 15) is 9.18 Å². The first-order valence-corrected chi connectivity index (χ1v) is 6.99. The maximum absolute atomic E-state index is 13.7. The molecule has 2 aromatic rings. The predicted octanol–water partition coefficient (Wildman–Crippen LogP) is 3.01. The summed E-state index contributed by atoms with van der Waals surface area (Å²) in [6, 6.07) is 10.3. The summed E-state index contributed by atoms with van der Waals surface area (Å²) in [6.45, 7) is -0.0508. The average molecular weight is 324 g/mol. The maximum Gasteiger partial charge on any atom is 0.320 e. The van der Waals surface area contributed by atoms with E-state index >= 15 is 0 Å². The van der Waals surface area contributed by atoms with Crippen molar-refractivity contribution in [2.24, 2.45) is 5.73 Å². The van der Waals surface area contributed by atoms with E-state index in [1.54, 1.807) is 30.3 Å². The van der Waals surface area contributed by atoms with Crippen LogP contribution in [0.5, 0.6) is 5.75 Å². The van der Waals surface area contributed by atoms with Crippen molar-refractivity contribution in [2.45, 2.75) is 19.1 Å². The molecule has 22 heavy (non-hydrogen) atoms. The van der Waals surface area contributed by atoms with Gasteiger partial charge in [0.1, 0.15) is 24.2 Å². The lowest BCUT2D eigenvalue weighted by atomic mass is 10.1. The quantitative estimate of drug-likeness (QED) is 0.857. The van der Waals surface area contributed by atoms with Crippen LogP contribution in [0.25, 0.3) is 0 Å². The fraction of sp³-hybridized carbons (Fsp3) is 0.188. The van der Waals surface area contributed by atoms with E-state index in [2.05, 4.69) is 0 Å². The van der Waals surface area contributed by atoms with Gasteiger partial charge in [0.2, 0.25) is 0 Å². The molecule has 0 aliphatic carbocycles. The molecule has 2 rings (SSSR count). The molecule has 3 N–H and O–H groups in total. The van der Waals surface area contributed by atoms with Crippen LogP contribution in [0.15, 0.2) is 42.5 Å². The standard InChI is InChI=1S/C16H15ClFNO3/c17-12-5-3-6-13(18)11(12)9-22-15-7-2-1-4-10(15)8-14(19)16(20)21/h1-7,14H,8-9,19H2,(H,20,21). The molecule has 0 radical (unpaired) electrons. The Labute approximate surface area is 132 Å². The first-order chi connectivity index (χ1) is 10.5. The third-order valence-electron chi connectivity index (χ3n) is 3.16. The summed E-state index contributed by atoms with van der Waals surface area (Å²) in [5.41, 5.74) is 6.43. The van der Waals surface area contributed by atoms with Crippen molar-refractivity contribution in [3.63, 3.8) is 0 Å². The fourth-order valence-electron chi connectivity index (χ4n) is 1.96. The van der Waals surface area contributed by atoms with E-state index in [0.717, 1.165) is 0 Å². The lowest BCUT2D eigenvalue weighted by Crippen LogP contribution is -2.32. The van der Waals surface area contributed by atoms with Crippen LogP contribution in [0.1, 0.15) is 11.1 Å². The molecule has 0 amide bonds. The van der Waals surface area contributed by atoms with Crippen LogP contribution in [0.2, 0.25) is 5.02 Å². The second kappa shape index (κ2) is 7.24. The highest BCUT2D eigenvalue weighted by Crippen LogP contribution is 2.24. The van der Waals surface area contributed by atoms with Gasteiger partial charge >= 0.3 is 5.97 Å². The van der Waals surface area contributed by atoms with Crippen molar-refractivity contribution in [1.82, 2.24) is 0 Å². The Balaban J connectivity index is 2.15. The smallest absolute Gasteiger partial charge is 0.320 e. The minimum absolute atomic E-state index is 0.0508. The molecule has 0 aromatic heterocycles. The number of carbonyl (C=O) groups is 1. The van der Waals surface area contributed by atoms with Crippen LogP contribution in [0, 0.1) is 5.82 Å². The Morgan fingerprint density at radius 1 is 1.27 bits per heavy atom. The molecule has 0 saturated heterocycles. The van der Waals surface area contributed by atoms with Crippen LogP contribution in [0.4, 0.5) is 4.39 Å². The largest absolute Gasteiger partial charge is 0.488 e. The number of ether oxygens (including phenoxy) is 1. The van der Waals surface area contributed by atoms with Gasteiger partial charge in [0.15, 0.2) is 0 Å². The second-order valence-electron chi connectivity index (χ2n) is 4.75. The number of nitrogens with two attached hydrogens (primary N) is 1. The zero-order valence-electron chi connectivity index (χ0n) is 11.6. The molecule has 2 aromatic carbocycles. The highest BCUT2D eigenvalue weighted by Gasteiger charge is 2.15. The number of hydrogen-bond acceptors (Lipinski definition) is 3. The maximum atomic E-state index is 13.7. The van der Waals surface area contributed by atoms with E-state index in [-0.39, 0.29) is 23.6 Å². The highest BCUT2D eigenvalue weighted by molar-refractivity contribution is 6.31. The van der Waals surface area contributed by atoms with E-state index in [0.29, 0.717) is 11.3 Å². The van der Waals surface area contributed by atoms with Gasteiger partial charge in [-0.1, -0.05) is 35.9 Å². The highest BCUT2D eigenvalue weighted by atomic mass is 35.5. The third kappa shape index (κ3) is 3.96. The lowest BCUT2D eigenvalue weighted by Gasteiger charge is -2.14. The number of aliphatic carboxylic acids is 1. The van der Waals surface area contributed by atoms with Crippen molar-refractivity contribution in [1.29, 1.82) is 0 Å². The zero-order chi connectivity index (χ0) is 16.1. The second-order valence-corrected chi connectivity index (χ2v) is 5.15. The van der Waals surface area contributed by atoms with Gasteiger partial charge in [-0.3, -0.25) is 4.79 Å². The van der Waals surface area contributed by atoms with Crippen molar-refractivity contribution in [3.05, 3.63) is 64.4 Å². The number of halogens is 2. The predicted molar refractivity (Wildman–Crippen MR) is 81.5 cm³/mol. The van der Waals surface area contributed by atoms with Crippen LogP contribution in [0.3, 0.4) is 0 Å². The molecular weight excluding hydrogens is 309 g/mol. The molecule has 0 spiro atoms. The Hall–Kier alpha value is -2.11. The average Bonchev–Trinajstić information content (AvgIpc) is 2.48. The summed E-state index contributed by atoms with van der Waals surface area (Å²) in [4.78, 5) is 10.9. The molecule has 0 heterocycles. The van der Waals surface area contributed by atoms with E-state index < -0.39 is 17.8 Å². The SMILES string of the molecule is NC(Cc1ccccc1OCc1c(F)cccc1Cl)C(=O)O. The lowest BCUT2D eigenvalue weighted by molar-refractivity contribution is -0.138. The molecule has 0 fully saturated rings. The van der Waals surface area contributed by atoms with Crippen LogP contribution in [-0.4, -0.2) is 17.1 Å². The van der Waals surface area contributed by atoms with Crippen molar-refractivity contribution in [3.8, 4) is 5.75 Å². The summed E-state index contributed by atoms with van der Waals surface area (Å²) < 4.78 is 19.3. The number of rotatable bonds is 6. The van der Waals surface area contributed by atoms with Crippen LogP contribution in [-0.2, 0) is 17.8 Å². The third-order valence-corrected chi connectivity index (χ3v) is 3.52. The Bertz CT molecular complexity index is 658. The molecule has 1 unspecified atom stereocenters. The van der Waals surface area contributed by atoms with E-state index in [1.165, 1.54) is 12.1 Å². The van der Waals surface area contributed by atoms with Gasteiger partial charge in [0, 0.05) is 12.0 Å². The van der Waals surface area contributed by atoms with Crippen molar-refractivity contribution in [2.75, 3.05) is 0 Å². The van der Waals surface area contributed by atoms with E-state index in [4.69, 9.17) is 27.2 Å². The number of benzene rings is 2. The van der Waals surface area contributed by atoms with Crippen LogP contribution >= 0.6 is 11.6 Å². The molecule has 1 atom stereocenters. The van der Waals surface area contributed by atoms with Gasteiger partial charge in [0.05, 0.1) is 5.02 Å². The Morgan fingerprint density at radius 3 is 2.68 bits per heavy atom. The number of carboxylic acid groups (broad SMARTS) is 1. The normalized spacial score (nSPS) is 12.0. The summed E-state index contributed by atoms with van der Waals surface area (Å²) in [5, 5.41) is 9.16. The molecule has 0 bridgehead atoms. The monoisotopic (exact) mass is 323 g/mol. The first-order valence-electron chi connectivity index (χ1n) is 6.61. The minimum Gasteiger partial charge on any atom is -0.488 e. The number of para-hydroxylation sites is 1. The van der Waals surface area contributed by atoms with Crippen molar-refractivity contribution >= 4 is 17.6 Å². The molecule has 0 saturated carbocycles. The van der Waals surface area contributed by atoms with Gasteiger partial charge in [-0.05, 0) is 23.8 Å². The number of carboxylic acids is 1. The van der Waals surface area contributed by atoms with Crippen molar-refractivity contribution < 1.29 is 19.0 Å². The van der Waals surface area contributed by atoms with Crippen LogP contribution < -0.4 is 10.5 Å². The van der Waals surface area contributed by atoms with Gasteiger partial charge in [-0.25, -0.2) is 4.39 Å². The fourth-order valence-corrected chi connectivity index (χ4v) is 2.18. The molecule has 0 aliphatic heterocycles. The number of hydrogen-bond donors (Lipinski definition) is 2. The molecule has 4 nitrogen and oxygen atoms in total. The summed E-state index contributed by atoms with van der Waals surface area (Å²) in [7, 11) is 0. The van der Waals surface area contributed by atoms with Gasteiger partial charge in [0.25, 0.3) is 0 Å². The zero-order valence-corrected chi connectivity index (χ0v) is 12.4. The molecule has 116 valence electrons. The summed E-state index contributed by atoms with van der Waals surface area (Å²) in [5.74, 6) is -1.09. The first kappa shape index (κ1) is 16.3. The molecule has 6 heteroatoms. The van der Waals surface area contributed by atoms with Gasteiger partial charge in [-0.15, -0.1) is 0 Å². The summed E-state index contributed by atoms with van der Waals surface area (Å²) >= 11 is 5.94.